The molecule has 124 valence electrons. The van der Waals surface area contributed by atoms with E-state index < -0.39 is 0 Å². The number of hydrogen-bond donors (Lipinski definition) is 1. The van der Waals surface area contributed by atoms with Crippen molar-refractivity contribution in [1.82, 2.24) is 24.8 Å². The molecule has 1 N–H and O–H groups in total. The van der Waals surface area contributed by atoms with Gasteiger partial charge in [-0.15, -0.1) is 5.10 Å². The van der Waals surface area contributed by atoms with Crippen molar-refractivity contribution in [3.63, 3.8) is 0 Å². The number of aryl methyl sites for hydroxylation is 1. The minimum absolute atomic E-state index is 0.0471. The third-order valence-corrected chi connectivity index (χ3v) is 4.54. The Morgan fingerprint density at radius 2 is 1.77 bits per heavy atom. The third-order valence-electron chi connectivity index (χ3n) is 4.54. The van der Waals surface area contributed by atoms with Crippen LogP contribution in [0.5, 0.6) is 0 Å². The molecular weight excluding hydrogens is 282 g/mol. The lowest BCUT2D eigenvalue weighted by Gasteiger charge is -2.23. The number of ether oxygens (including phenoxy) is 1. The highest BCUT2D eigenvalue weighted by Gasteiger charge is 2.21. The quantitative estimate of drug-likeness (QED) is 0.720. The van der Waals surface area contributed by atoms with Gasteiger partial charge in [0.15, 0.2) is 0 Å². The Balaban J connectivity index is 1.56. The van der Waals surface area contributed by atoms with Crippen LogP contribution in [0, 0.1) is 0 Å². The first-order valence-electron chi connectivity index (χ1n) is 8.41. The molecule has 7 heteroatoms. The molecule has 0 radical (unpaired) electrons. The molecule has 1 fully saturated rings. The number of aromatic nitrogens is 3. The highest BCUT2D eigenvalue weighted by Crippen LogP contribution is 2.16. The van der Waals surface area contributed by atoms with Gasteiger partial charge in [0.25, 0.3) is 0 Å². The molecule has 0 atom stereocenters. The Kier molecular flexibility index (Phi) is 5.77. The summed E-state index contributed by atoms with van der Waals surface area (Å²) in [7, 11) is 0. The summed E-state index contributed by atoms with van der Waals surface area (Å²) in [5, 5.41) is 17.3. The van der Waals surface area contributed by atoms with Crippen molar-refractivity contribution in [3.8, 4) is 0 Å². The van der Waals surface area contributed by atoms with Crippen molar-refractivity contribution in [2.45, 2.75) is 39.0 Å². The van der Waals surface area contributed by atoms with E-state index in [1.54, 1.807) is 0 Å². The van der Waals surface area contributed by atoms with Crippen LogP contribution in [0.4, 0.5) is 0 Å². The van der Waals surface area contributed by atoms with Gasteiger partial charge in [0.1, 0.15) is 5.69 Å². The predicted molar refractivity (Wildman–Crippen MR) is 82.3 cm³/mol. The Bertz CT molecular complexity index is 459. The van der Waals surface area contributed by atoms with Crippen LogP contribution in [0.3, 0.4) is 0 Å². The van der Waals surface area contributed by atoms with E-state index in [2.05, 4.69) is 20.1 Å². The normalized spacial score (nSPS) is 20.2. The maximum Gasteiger partial charge on any atom is 0.113 e. The van der Waals surface area contributed by atoms with Gasteiger partial charge in [0.2, 0.25) is 0 Å². The van der Waals surface area contributed by atoms with Crippen LogP contribution < -0.4 is 0 Å². The van der Waals surface area contributed by atoms with Gasteiger partial charge >= 0.3 is 0 Å². The van der Waals surface area contributed by atoms with E-state index in [-0.39, 0.29) is 6.61 Å². The maximum atomic E-state index is 8.82. The number of likely N-dealkylation sites (tertiary alicyclic amines) is 1. The van der Waals surface area contributed by atoms with Gasteiger partial charge < -0.3 is 14.7 Å². The van der Waals surface area contributed by atoms with Crippen molar-refractivity contribution in [3.05, 3.63) is 11.4 Å². The Labute approximate surface area is 131 Å². The molecule has 2 aliphatic rings. The smallest absolute Gasteiger partial charge is 0.113 e. The van der Waals surface area contributed by atoms with Gasteiger partial charge in [-0.2, -0.15) is 0 Å². The molecule has 0 spiro atoms. The fourth-order valence-corrected chi connectivity index (χ4v) is 3.28. The average Bonchev–Trinajstić information content (AvgIpc) is 3.12. The van der Waals surface area contributed by atoms with E-state index in [1.165, 1.54) is 31.6 Å². The first-order chi connectivity index (χ1) is 10.9. The van der Waals surface area contributed by atoms with Gasteiger partial charge in [0, 0.05) is 32.7 Å². The molecule has 0 amide bonds. The molecule has 3 rings (SSSR count). The molecule has 0 bridgehead atoms. The molecule has 1 saturated heterocycles. The maximum absolute atomic E-state index is 8.82. The lowest BCUT2D eigenvalue weighted by Crippen LogP contribution is -2.33. The first-order valence-corrected chi connectivity index (χ1v) is 8.41. The summed E-state index contributed by atoms with van der Waals surface area (Å²) in [6, 6.07) is 0. The van der Waals surface area contributed by atoms with Crippen LogP contribution in [-0.4, -0.2) is 75.8 Å². The molecule has 0 unspecified atom stereocenters. The zero-order chi connectivity index (χ0) is 15.2. The monoisotopic (exact) mass is 309 g/mol. The van der Waals surface area contributed by atoms with Crippen LogP contribution in [-0.2, 0) is 24.4 Å². The van der Waals surface area contributed by atoms with E-state index in [4.69, 9.17) is 9.84 Å². The molecule has 3 heterocycles. The first kappa shape index (κ1) is 15.9. The number of aliphatic hydroxyl groups excluding tert-OH is 1. The van der Waals surface area contributed by atoms with Crippen molar-refractivity contribution in [2.24, 2.45) is 0 Å². The summed E-state index contributed by atoms with van der Waals surface area (Å²) in [4.78, 5) is 5.07. The lowest BCUT2D eigenvalue weighted by molar-refractivity contribution is 0.0788. The minimum atomic E-state index is 0.0471. The molecule has 0 saturated carbocycles. The van der Waals surface area contributed by atoms with E-state index in [9.17, 15) is 0 Å². The van der Waals surface area contributed by atoms with Crippen LogP contribution >= 0.6 is 0 Å². The SMILES string of the molecule is OCCOCc1nnn2c1CN(CCN1CCCC1)CCC2. The largest absolute Gasteiger partial charge is 0.394 e. The number of aliphatic hydroxyl groups is 1. The van der Waals surface area contributed by atoms with Crippen molar-refractivity contribution >= 4 is 0 Å². The van der Waals surface area contributed by atoms with Crippen LogP contribution in [0.2, 0.25) is 0 Å². The molecule has 1 aromatic rings. The zero-order valence-corrected chi connectivity index (χ0v) is 13.3. The third kappa shape index (κ3) is 4.04. The van der Waals surface area contributed by atoms with Crippen molar-refractivity contribution in [1.29, 1.82) is 0 Å². The molecule has 22 heavy (non-hydrogen) atoms. The molecular formula is C15H27N5O2. The zero-order valence-electron chi connectivity index (χ0n) is 13.3. The summed E-state index contributed by atoms with van der Waals surface area (Å²) >= 11 is 0. The summed E-state index contributed by atoms with van der Waals surface area (Å²) in [6.07, 6.45) is 3.82. The fourth-order valence-electron chi connectivity index (χ4n) is 3.28. The molecule has 0 aliphatic carbocycles. The Hall–Kier alpha value is -1.02. The second-order valence-corrected chi connectivity index (χ2v) is 6.16. The fraction of sp³-hybridized carbons (Fsp3) is 0.867. The second kappa shape index (κ2) is 8.01. The summed E-state index contributed by atoms with van der Waals surface area (Å²) < 4.78 is 7.44. The number of fused-ring (bicyclic) bond motifs is 1. The highest BCUT2D eigenvalue weighted by atomic mass is 16.5. The Morgan fingerprint density at radius 3 is 2.59 bits per heavy atom. The lowest BCUT2D eigenvalue weighted by atomic mass is 10.3. The molecule has 1 aromatic heterocycles. The summed E-state index contributed by atoms with van der Waals surface area (Å²) in [6.45, 7) is 8.59. The van der Waals surface area contributed by atoms with Gasteiger partial charge in [-0.1, -0.05) is 5.21 Å². The topological polar surface area (TPSA) is 66.7 Å². The summed E-state index contributed by atoms with van der Waals surface area (Å²) in [5.41, 5.74) is 2.10. The van der Waals surface area contributed by atoms with Crippen LogP contribution in [0.15, 0.2) is 0 Å². The minimum Gasteiger partial charge on any atom is -0.394 e. The second-order valence-electron chi connectivity index (χ2n) is 6.16. The standard InChI is InChI=1S/C15H27N5O2/c21-10-11-22-13-14-15-12-19(6-3-7-20(15)17-16-14)9-8-18-4-1-2-5-18/h21H,1-13H2. The molecule has 2 aliphatic heterocycles. The van der Waals surface area contributed by atoms with Crippen LogP contribution in [0.25, 0.3) is 0 Å². The number of nitrogens with zero attached hydrogens (tertiary/aromatic N) is 5. The van der Waals surface area contributed by atoms with E-state index >= 15 is 0 Å². The predicted octanol–water partition coefficient (Wildman–Crippen LogP) is 0.0885. The van der Waals surface area contributed by atoms with E-state index in [1.807, 2.05) is 4.68 Å². The van der Waals surface area contributed by atoms with Gasteiger partial charge in [-0.3, -0.25) is 4.90 Å². The van der Waals surface area contributed by atoms with Crippen molar-refractivity contribution in [2.75, 3.05) is 45.9 Å². The Morgan fingerprint density at radius 1 is 1.00 bits per heavy atom. The summed E-state index contributed by atoms with van der Waals surface area (Å²) in [5.74, 6) is 0. The average molecular weight is 309 g/mol. The van der Waals surface area contributed by atoms with Crippen LogP contribution in [0.1, 0.15) is 30.7 Å². The number of rotatable bonds is 7. The van der Waals surface area contributed by atoms with Gasteiger partial charge in [0.05, 0.1) is 25.5 Å². The van der Waals surface area contributed by atoms with Crippen molar-refractivity contribution < 1.29 is 9.84 Å². The highest BCUT2D eigenvalue weighted by molar-refractivity contribution is 5.10. The van der Waals surface area contributed by atoms with E-state index in [0.717, 1.165) is 44.8 Å². The van der Waals surface area contributed by atoms with E-state index in [0.29, 0.717) is 13.2 Å². The number of hydrogen-bond acceptors (Lipinski definition) is 6. The van der Waals surface area contributed by atoms with Gasteiger partial charge in [-0.05, 0) is 32.4 Å². The molecule has 0 aromatic carbocycles. The molecule has 7 nitrogen and oxygen atoms in total. The van der Waals surface area contributed by atoms with Gasteiger partial charge in [-0.25, -0.2) is 4.68 Å².